The van der Waals surface area contributed by atoms with Crippen LogP contribution in [-0.4, -0.2) is 18.3 Å². The van der Waals surface area contributed by atoms with Gasteiger partial charge in [-0.05, 0) is 42.9 Å². The predicted octanol–water partition coefficient (Wildman–Crippen LogP) is 3.98. The Balaban J connectivity index is 2.06. The molecule has 0 aliphatic heterocycles. The van der Waals surface area contributed by atoms with Crippen LogP contribution in [0.2, 0.25) is 0 Å². The molecule has 1 aliphatic rings. The van der Waals surface area contributed by atoms with Crippen LogP contribution in [0.15, 0.2) is 18.2 Å². The molecule has 2 nitrogen and oxygen atoms in total. The zero-order valence-corrected chi connectivity index (χ0v) is 11.8. The smallest absolute Gasteiger partial charge is 0.351 e. The molecule has 1 aromatic carbocycles. The molecule has 1 fully saturated rings. The van der Waals surface area contributed by atoms with Gasteiger partial charge in [0, 0.05) is 18.0 Å². The Labute approximate surface area is 124 Å². The van der Waals surface area contributed by atoms with Crippen molar-refractivity contribution < 1.29 is 22.4 Å². The van der Waals surface area contributed by atoms with Crippen LogP contribution in [0.4, 0.5) is 17.6 Å². The summed E-state index contributed by atoms with van der Waals surface area (Å²) in [5.74, 6) is -1.55. The third-order valence-corrected chi connectivity index (χ3v) is 3.93. The number of carbonyl (C=O) groups is 1. The quantitative estimate of drug-likeness (QED) is 0.644. The summed E-state index contributed by atoms with van der Waals surface area (Å²) >= 11 is 5.67. The Kier molecular flexibility index (Phi) is 4.46. The minimum atomic E-state index is -4.82. The van der Waals surface area contributed by atoms with E-state index in [9.17, 15) is 22.4 Å². The second-order valence-electron chi connectivity index (χ2n) is 5.31. The van der Waals surface area contributed by atoms with Gasteiger partial charge in [0.1, 0.15) is 5.82 Å². The van der Waals surface area contributed by atoms with Gasteiger partial charge in [-0.3, -0.25) is 4.79 Å². The highest BCUT2D eigenvalue weighted by Gasteiger charge is 2.42. The Bertz CT molecular complexity index is 540. The summed E-state index contributed by atoms with van der Waals surface area (Å²) in [7, 11) is 0. The molecule has 1 aromatic rings. The zero-order chi connectivity index (χ0) is 15.7. The van der Waals surface area contributed by atoms with Gasteiger partial charge < -0.3 is 5.32 Å². The van der Waals surface area contributed by atoms with E-state index in [1.165, 1.54) is 0 Å². The fourth-order valence-electron chi connectivity index (χ4n) is 2.15. The third kappa shape index (κ3) is 3.87. The molecule has 1 N–H and O–H groups in total. The van der Waals surface area contributed by atoms with Gasteiger partial charge in [-0.2, -0.15) is 13.2 Å². The maximum atomic E-state index is 13.1. The van der Waals surface area contributed by atoms with Crippen LogP contribution >= 0.6 is 11.6 Å². The van der Waals surface area contributed by atoms with Crippen LogP contribution in [0.5, 0.6) is 0 Å². The van der Waals surface area contributed by atoms with Gasteiger partial charge in [0.15, 0.2) is 0 Å². The largest absolute Gasteiger partial charge is 0.419 e. The molecule has 1 amide bonds. The van der Waals surface area contributed by atoms with Crippen molar-refractivity contribution in [1.29, 1.82) is 0 Å². The Morgan fingerprint density at radius 3 is 2.52 bits per heavy atom. The lowest BCUT2D eigenvalue weighted by Crippen LogP contribution is -2.30. The molecule has 7 heteroatoms. The summed E-state index contributed by atoms with van der Waals surface area (Å²) in [4.78, 5) is 11.9. The van der Waals surface area contributed by atoms with Gasteiger partial charge in [-0.25, -0.2) is 4.39 Å². The molecule has 0 heterocycles. The van der Waals surface area contributed by atoms with Crippen molar-refractivity contribution in [2.24, 2.45) is 5.41 Å². The Morgan fingerprint density at radius 1 is 1.33 bits per heavy atom. The van der Waals surface area contributed by atoms with E-state index in [2.05, 4.69) is 5.32 Å². The summed E-state index contributed by atoms with van der Waals surface area (Å²) in [6.07, 6.45) is -2.18. The molecule has 116 valence electrons. The molecule has 0 atom stereocenters. The van der Waals surface area contributed by atoms with E-state index in [1.54, 1.807) is 0 Å². The Morgan fingerprint density at radius 2 is 2.00 bits per heavy atom. The number of hydrogen-bond acceptors (Lipinski definition) is 1. The van der Waals surface area contributed by atoms with Crippen LogP contribution in [-0.2, 0) is 6.18 Å². The van der Waals surface area contributed by atoms with Gasteiger partial charge in [0.2, 0.25) is 0 Å². The molecular weight excluding hydrogens is 310 g/mol. The number of carbonyl (C=O) groups excluding carboxylic acids is 1. The second-order valence-corrected chi connectivity index (χ2v) is 5.69. The molecule has 0 unspecified atom stereocenters. The SMILES string of the molecule is O=C(NCC1(CCCl)CC1)c1ccc(F)c(C(F)(F)F)c1. The third-order valence-electron chi connectivity index (χ3n) is 3.74. The number of alkyl halides is 4. The number of benzene rings is 1. The van der Waals surface area contributed by atoms with Crippen LogP contribution in [0, 0.1) is 11.2 Å². The molecule has 1 saturated carbocycles. The van der Waals surface area contributed by atoms with Crippen molar-refractivity contribution in [2.45, 2.75) is 25.4 Å². The molecule has 1 aliphatic carbocycles. The van der Waals surface area contributed by atoms with Crippen LogP contribution in [0.1, 0.15) is 35.2 Å². The van der Waals surface area contributed by atoms with E-state index in [4.69, 9.17) is 11.6 Å². The van der Waals surface area contributed by atoms with Crippen molar-refractivity contribution in [1.82, 2.24) is 5.32 Å². The lowest BCUT2D eigenvalue weighted by molar-refractivity contribution is -0.140. The number of rotatable bonds is 5. The van der Waals surface area contributed by atoms with E-state index < -0.39 is 23.5 Å². The van der Waals surface area contributed by atoms with Gasteiger partial charge in [-0.1, -0.05) is 0 Å². The van der Waals surface area contributed by atoms with Crippen molar-refractivity contribution >= 4 is 17.5 Å². The van der Waals surface area contributed by atoms with Crippen LogP contribution in [0.25, 0.3) is 0 Å². The molecule has 0 aromatic heterocycles. The van der Waals surface area contributed by atoms with E-state index in [1.807, 2.05) is 0 Å². The number of halogens is 5. The highest BCUT2D eigenvalue weighted by Crippen LogP contribution is 2.48. The van der Waals surface area contributed by atoms with Crippen LogP contribution < -0.4 is 5.32 Å². The van der Waals surface area contributed by atoms with Crippen molar-refractivity contribution in [3.05, 3.63) is 35.1 Å². The van der Waals surface area contributed by atoms with E-state index in [0.717, 1.165) is 25.3 Å². The maximum absolute atomic E-state index is 13.1. The average Bonchev–Trinajstić information content (AvgIpc) is 3.16. The van der Waals surface area contributed by atoms with Gasteiger partial charge >= 0.3 is 6.18 Å². The standard InChI is InChI=1S/C14H14ClF4NO/c15-6-5-13(3-4-13)8-20-12(21)9-1-2-11(16)10(7-9)14(17,18)19/h1-2,7H,3-6,8H2,(H,20,21). The number of nitrogens with one attached hydrogen (secondary N) is 1. The molecule has 21 heavy (non-hydrogen) atoms. The van der Waals surface area contributed by atoms with Crippen molar-refractivity contribution in [2.75, 3.05) is 12.4 Å². The van der Waals surface area contributed by atoms with Gasteiger partial charge in [-0.15, -0.1) is 11.6 Å². The lowest BCUT2D eigenvalue weighted by atomic mass is 10.0. The summed E-state index contributed by atoms with van der Waals surface area (Å²) in [5, 5.41) is 2.60. The predicted molar refractivity (Wildman–Crippen MR) is 70.7 cm³/mol. The highest BCUT2D eigenvalue weighted by atomic mass is 35.5. The minimum Gasteiger partial charge on any atom is -0.351 e. The summed E-state index contributed by atoms with van der Waals surface area (Å²) < 4.78 is 50.9. The molecule has 0 radical (unpaired) electrons. The molecule has 2 rings (SSSR count). The first-order valence-electron chi connectivity index (χ1n) is 6.48. The zero-order valence-electron chi connectivity index (χ0n) is 11.1. The Hall–Kier alpha value is -1.30. The van der Waals surface area contributed by atoms with E-state index in [0.29, 0.717) is 24.6 Å². The van der Waals surface area contributed by atoms with E-state index in [-0.39, 0.29) is 11.0 Å². The molecule has 0 bridgehead atoms. The fraction of sp³-hybridized carbons (Fsp3) is 0.500. The van der Waals surface area contributed by atoms with Gasteiger partial charge in [0.05, 0.1) is 5.56 Å². The topological polar surface area (TPSA) is 29.1 Å². The first kappa shape index (κ1) is 16.1. The van der Waals surface area contributed by atoms with Crippen LogP contribution in [0.3, 0.4) is 0 Å². The normalized spacial score (nSPS) is 16.6. The molecule has 0 saturated heterocycles. The highest BCUT2D eigenvalue weighted by molar-refractivity contribution is 6.17. The molecule has 0 spiro atoms. The van der Waals surface area contributed by atoms with E-state index >= 15 is 0 Å². The fourth-order valence-corrected chi connectivity index (χ4v) is 2.55. The number of hydrogen-bond donors (Lipinski definition) is 1. The average molecular weight is 324 g/mol. The summed E-state index contributed by atoms with van der Waals surface area (Å²) in [5.41, 5.74) is -1.66. The number of amides is 1. The lowest BCUT2D eigenvalue weighted by Gasteiger charge is -2.15. The summed E-state index contributed by atoms with van der Waals surface area (Å²) in [6.45, 7) is 0.372. The van der Waals surface area contributed by atoms with Crippen molar-refractivity contribution in [3.63, 3.8) is 0 Å². The van der Waals surface area contributed by atoms with Crippen molar-refractivity contribution in [3.8, 4) is 0 Å². The molecular formula is C14H14ClF4NO. The minimum absolute atomic E-state index is 0.0235. The monoisotopic (exact) mass is 323 g/mol. The first-order valence-corrected chi connectivity index (χ1v) is 7.02. The maximum Gasteiger partial charge on any atom is 0.419 e. The van der Waals surface area contributed by atoms with Gasteiger partial charge in [0.25, 0.3) is 5.91 Å². The first-order chi connectivity index (χ1) is 9.77. The summed E-state index contributed by atoms with van der Waals surface area (Å²) in [6, 6.07) is 2.23. The second kappa shape index (κ2) is 5.83.